The number of anilines is 1. The van der Waals surface area contributed by atoms with Gasteiger partial charge in [0.2, 0.25) is 5.91 Å². The molecule has 0 saturated carbocycles. The molecule has 2 rings (SSSR count). The molecule has 3 nitrogen and oxygen atoms in total. The van der Waals surface area contributed by atoms with Crippen molar-refractivity contribution in [3.8, 4) is 5.75 Å². The lowest BCUT2D eigenvalue weighted by molar-refractivity contribution is -0.117. The number of amides is 1. The zero-order valence-corrected chi connectivity index (χ0v) is 10.2. The van der Waals surface area contributed by atoms with E-state index in [1.54, 1.807) is 7.11 Å². The van der Waals surface area contributed by atoms with Gasteiger partial charge in [-0.2, -0.15) is 0 Å². The summed E-state index contributed by atoms with van der Waals surface area (Å²) in [6.07, 6.45) is 0.534. The molecule has 1 aromatic rings. The van der Waals surface area contributed by atoms with E-state index in [4.69, 9.17) is 4.74 Å². The third kappa shape index (κ3) is 1.56. The van der Waals surface area contributed by atoms with Gasteiger partial charge in [-0.25, -0.2) is 0 Å². The molecule has 1 aliphatic rings. The van der Waals surface area contributed by atoms with E-state index in [9.17, 15) is 4.79 Å². The maximum absolute atomic E-state index is 11.6. The largest absolute Gasteiger partial charge is 0.496 e. The monoisotopic (exact) mass is 219 g/mol. The Morgan fingerprint density at radius 2 is 2.06 bits per heavy atom. The summed E-state index contributed by atoms with van der Waals surface area (Å²) in [5, 5.41) is 2.94. The van der Waals surface area contributed by atoms with Crippen LogP contribution in [-0.2, 0) is 10.2 Å². The average molecular weight is 219 g/mol. The van der Waals surface area contributed by atoms with Crippen molar-refractivity contribution in [3.63, 3.8) is 0 Å². The lowest BCUT2D eigenvalue weighted by atomic mass is 9.77. The fourth-order valence-electron chi connectivity index (χ4n) is 2.32. The first-order valence-electron chi connectivity index (χ1n) is 5.43. The highest BCUT2D eigenvalue weighted by atomic mass is 16.5. The van der Waals surface area contributed by atoms with E-state index in [1.165, 1.54) is 5.56 Å². The minimum Gasteiger partial charge on any atom is -0.496 e. The van der Waals surface area contributed by atoms with Crippen LogP contribution in [0, 0.1) is 6.92 Å². The van der Waals surface area contributed by atoms with E-state index in [1.807, 2.05) is 19.1 Å². The molecule has 1 N–H and O–H groups in total. The lowest BCUT2D eigenvalue weighted by Gasteiger charge is -2.33. The van der Waals surface area contributed by atoms with Gasteiger partial charge in [0.05, 0.1) is 12.8 Å². The van der Waals surface area contributed by atoms with E-state index in [2.05, 4.69) is 19.2 Å². The summed E-state index contributed by atoms with van der Waals surface area (Å²) in [6, 6.07) is 4.01. The van der Waals surface area contributed by atoms with Gasteiger partial charge in [0.25, 0.3) is 0 Å². The molecular weight excluding hydrogens is 202 g/mol. The number of carbonyl (C=O) groups is 1. The maximum atomic E-state index is 11.6. The summed E-state index contributed by atoms with van der Waals surface area (Å²) in [4.78, 5) is 11.6. The Morgan fingerprint density at radius 1 is 1.38 bits per heavy atom. The van der Waals surface area contributed by atoms with Gasteiger partial charge in [0, 0.05) is 17.4 Å². The van der Waals surface area contributed by atoms with Crippen molar-refractivity contribution in [3.05, 3.63) is 23.3 Å². The van der Waals surface area contributed by atoms with Gasteiger partial charge in [0.15, 0.2) is 0 Å². The van der Waals surface area contributed by atoms with Crippen LogP contribution < -0.4 is 10.1 Å². The molecule has 0 atom stereocenters. The first kappa shape index (κ1) is 11.0. The Morgan fingerprint density at radius 3 is 2.69 bits per heavy atom. The molecule has 1 aromatic carbocycles. The number of nitrogens with one attached hydrogen (secondary N) is 1. The summed E-state index contributed by atoms with van der Waals surface area (Å²) in [5.74, 6) is 0.894. The van der Waals surface area contributed by atoms with E-state index < -0.39 is 0 Å². The SMILES string of the molecule is COc1ccc2c(c1C)NC(=O)CC2(C)C. The first-order valence-corrected chi connectivity index (χ1v) is 5.43. The number of fused-ring (bicyclic) bond motifs is 1. The van der Waals surface area contributed by atoms with Gasteiger partial charge in [0.1, 0.15) is 5.75 Å². The summed E-state index contributed by atoms with van der Waals surface area (Å²) in [6.45, 7) is 6.16. The second-order valence-electron chi connectivity index (χ2n) is 4.92. The van der Waals surface area contributed by atoms with Crippen molar-refractivity contribution >= 4 is 11.6 Å². The van der Waals surface area contributed by atoms with Gasteiger partial charge in [-0.05, 0) is 18.6 Å². The fourth-order valence-corrected chi connectivity index (χ4v) is 2.32. The third-order valence-electron chi connectivity index (χ3n) is 3.23. The number of hydrogen-bond donors (Lipinski definition) is 1. The van der Waals surface area contributed by atoms with Crippen LogP contribution in [0.2, 0.25) is 0 Å². The molecule has 0 fully saturated rings. The number of methoxy groups -OCH3 is 1. The average Bonchev–Trinajstić information content (AvgIpc) is 2.18. The fraction of sp³-hybridized carbons (Fsp3) is 0.462. The molecule has 0 saturated heterocycles. The highest BCUT2D eigenvalue weighted by Gasteiger charge is 2.33. The third-order valence-corrected chi connectivity index (χ3v) is 3.23. The number of hydrogen-bond acceptors (Lipinski definition) is 2. The minimum atomic E-state index is -0.102. The quantitative estimate of drug-likeness (QED) is 0.788. The Balaban J connectivity index is 2.63. The van der Waals surface area contributed by atoms with Crippen LogP contribution in [0.1, 0.15) is 31.4 Å². The van der Waals surface area contributed by atoms with Crippen LogP contribution in [-0.4, -0.2) is 13.0 Å². The Kier molecular flexibility index (Phi) is 2.41. The zero-order valence-electron chi connectivity index (χ0n) is 10.2. The van der Waals surface area contributed by atoms with E-state index >= 15 is 0 Å². The second-order valence-corrected chi connectivity index (χ2v) is 4.92. The second kappa shape index (κ2) is 3.51. The molecular formula is C13H17NO2. The van der Waals surface area contributed by atoms with Crippen molar-refractivity contribution in [1.29, 1.82) is 0 Å². The van der Waals surface area contributed by atoms with E-state index in [0.29, 0.717) is 6.42 Å². The van der Waals surface area contributed by atoms with Crippen LogP contribution in [0.5, 0.6) is 5.75 Å². The molecule has 0 aromatic heterocycles. The molecule has 0 bridgehead atoms. The van der Waals surface area contributed by atoms with Gasteiger partial charge in [-0.3, -0.25) is 4.79 Å². The summed E-state index contributed by atoms with van der Waals surface area (Å²) < 4.78 is 5.26. The van der Waals surface area contributed by atoms with Crippen LogP contribution in [0.4, 0.5) is 5.69 Å². The molecule has 3 heteroatoms. The standard InChI is InChI=1S/C13H17NO2/c1-8-10(16-4)6-5-9-12(8)14-11(15)7-13(9,2)3/h5-6H,7H2,1-4H3,(H,14,15). The van der Waals surface area contributed by atoms with Crippen molar-refractivity contribution < 1.29 is 9.53 Å². The smallest absolute Gasteiger partial charge is 0.225 e. The Hall–Kier alpha value is -1.51. The molecule has 1 heterocycles. The van der Waals surface area contributed by atoms with Crippen molar-refractivity contribution in [1.82, 2.24) is 0 Å². The molecule has 16 heavy (non-hydrogen) atoms. The van der Waals surface area contributed by atoms with Crippen molar-refractivity contribution in [2.24, 2.45) is 0 Å². The molecule has 0 spiro atoms. The molecule has 1 aliphatic heterocycles. The zero-order chi connectivity index (χ0) is 11.9. The normalized spacial score (nSPS) is 17.6. The number of carbonyl (C=O) groups excluding carboxylic acids is 1. The van der Waals surface area contributed by atoms with Gasteiger partial charge in [-0.15, -0.1) is 0 Å². The summed E-state index contributed by atoms with van der Waals surface area (Å²) in [7, 11) is 1.64. The highest BCUT2D eigenvalue weighted by Crippen LogP contribution is 2.41. The van der Waals surface area contributed by atoms with Crippen molar-refractivity contribution in [2.75, 3.05) is 12.4 Å². The highest BCUT2D eigenvalue weighted by molar-refractivity contribution is 5.96. The summed E-state index contributed by atoms with van der Waals surface area (Å²) >= 11 is 0. The van der Waals surface area contributed by atoms with Crippen LogP contribution >= 0.6 is 0 Å². The van der Waals surface area contributed by atoms with Gasteiger partial charge >= 0.3 is 0 Å². The van der Waals surface area contributed by atoms with Crippen molar-refractivity contribution in [2.45, 2.75) is 32.6 Å². The predicted molar refractivity (Wildman–Crippen MR) is 64.0 cm³/mol. The molecule has 1 amide bonds. The Bertz CT molecular complexity index is 449. The predicted octanol–water partition coefficient (Wildman–Crippen LogP) is 2.62. The summed E-state index contributed by atoms with van der Waals surface area (Å²) in [5.41, 5.74) is 3.00. The molecule has 0 aliphatic carbocycles. The van der Waals surface area contributed by atoms with Crippen LogP contribution in [0.3, 0.4) is 0 Å². The van der Waals surface area contributed by atoms with E-state index in [0.717, 1.165) is 17.0 Å². The topological polar surface area (TPSA) is 38.3 Å². The first-order chi connectivity index (χ1) is 7.45. The maximum Gasteiger partial charge on any atom is 0.225 e. The molecule has 0 radical (unpaired) electrons. The minimum absolute atomic E-state index is 0.0776. The molecule has 0 unspecified atom stereocenters. The molecule has 86 valence electrons. The number of ether oxygens (including phenoxy) is 1. The van der Waals surface area contributed by atoms with Crippen LogP contribution in [0.15, 0.2) is 12.1 Å². The number of benzene rings is 1. The lowest BCUT2D eigenvalue weighted by Crippen LogP contribution is -2.33. The van der Waals surface area contributed by atoms with Gasteiger partial charge in [-0.1, -0.05) is 19.9 Å². The van der Waals surface area contributed by atoms with Crippen LogP contribution in [0.25, 0.3) is 0 Å². The Labute approximate surface area is 95.8 Å². The van der Waals surface area contributed by atoms with E-state index in [-0.39, 0.29) is 11.3 Å². The van der Waals surface area contributed by atoms with Gasteiger partial charge < -0.3 is 10.1 Å². The number of rotatable bonds is 1.